The number of hydrogen-bond donors (Lipinski definition) is 1. The summed E-state index contributed by atoms with van der Waals surface area (Å²) in [6.45, 7) is 2.75. The van der Waals surface area contributed by atoms with Gasteiger partial charge in [0.2, 0.25) is 10.0 Å². The number of nitrogens with zero attached hydrogens (tertiary/aromatic N) is 3. The first-order valence-electron chi connectivity index (χ1n) is 10.2. The first-order chi connectivity index (χ1) is 15.5. The number of rotatable bonds is 8. The first-order valence-corrected chi connectivity index (χ1v) is 12.5. The summed E-state index contributed by atoms with van der Waals surface area (Å²) < 4.78 is 38.4. The van der Waals surface area contributed by atoms with Crippen LogP contribution in [0.1, 0.15) is 5.69 Å². The number of sulfonamides is 1. The van der Waals surface area contributed by atoms with E-state index >= 15 is 0 Å². The Hall–Kier alpha value is -2.66. The number of ether oxygens (including phenoxy) is 2. The molecule has 1 N–H and O–H groups in total. The number of thiazole rings is 1. The molecule has 0 aliphatic carbocycles. The van der Waals surface area contributed by atoms with E-state index in [1.165, 1.54) is 24.6 Å². The second-order valence-corrected chi connectivity index (χ2v) is 10.1. The molecule has 2 aromatic carbocycles. The summed E-state index contributed by atoms with van der Waals surface area (Å²) in [5.74, 6) is 0.792. The predicted molar refractivity (Wildman–Crippen MR) is 125 cm³/mol. The van der Waals surface area contributed by atoms with Crippen LogP contribution in [0.5, 0.6) is 11.5 Å². The molecule has 10 heteroatoms. The molecule has 32 heavy (non-hydrogen) atoms. The number of anilines is 2. The Bertz CT molecular complexity index is 1140. The fourth-order valence-electron chi connectivity index (χ4n) is 3.56. The number of aromatic nitrogens is 1. The van der Waals surface area contributed by atoms with Crippen LogP contribution in [0.3, 0.4) is 0 Å². The van der Waals surface area contributed by atoms with Crippen molar-refractivity contribution in [2.24, 2.45) is 0 Å². The lowest BCUT2D eigenvalue weighted by atomic mass is 10.3. The fraction of sp³-hybridized carbons (Fsp3) is 0.318. The molecular weight excluding hydrogens is 448 g/mol. The zero-order valence-electron chi connectivity index (χ0n) is 18.0. The van der Waals surface area contributed by atoms with Gasteiger partial charge in [0.15, 0.2) is 5.13 Å². The number of piperazine rings is 1. The van der Waals surface area contributed by atoms with Crippen molar-refractivity contribution in [2.75, 3.05) is 45.7 Å². The van der Waals surface area contributed by atoms with Crippen LogP contribution in [-0.2, 0) is 16.6 Å². The van der Waals surface area contributed by atoms with Gasteiger partial charge in [0.1, 0.15) is 16.4 Å². The van der Waals surface area contributed by atoms with Crippen molar-refractivity contribution in [1.82, 2.24) is 14.2 Å². The monoisotopic (exact) mass is 474 g/mol. The lowest BCUT2D eigenvalue weighted by molar-refractivity contribution is 0.180. The van der Waals surface area contributed by atoms with E-state index < -0.39 is 10.0 Å². The largest absolute Gasteiger partial charge is 0.497 e. The molecule has 0 bridgehead atoms. The molecule has 0 radical (unpaired) electrons. The van der Waals surface area contributed by atoms with E-state index in [9.17, 15) is 8.42 Å². The Balaban J connectivity index is 1.37. The van der Waals surface area contributed by atoms with Gasteiger partial charge in [-0.15, -0.1) is 11.3 Å². The van der Waals surface area contributed by atoms with Crippen molar-refractivity contribution in [3.63, 3.8) is 0 Å². The topological polar surface area (TPSA) is 84.0 Å². The summed E-state index contributed by atoms with van der Waals surface area (Å²) in [6, 6.07) is 14.7. The SMILES string of the molecule is COc1ccc(OC)c(S(=O)(=O)N2CCN(Cc3csc(Nc4ccccc4)n3)CC2)c1. The van der Waals surface area contributed by atoms with Crippen LogP contribution >= 0.6 is 11.3 Å². The molecule has 1 saturated heterocycles. The van der Waals surface area contributed by atoms with Crippen molar-refractivity contribution in [2.45, 2.75) is 11.4 Å². The zero-order chi connectivity index (χ0) is 22.6. The van der Waals surface area contributed by atoms with Gasteiger partial charge in [-0.1, -0.05) is 18.2 Å². The molecule has 0 spiro atoms. The van der Waals surface area contributed by atoms with Crippen molar-refractivity contribution in [3.8, 4) is 11.5 Å². The maximum absolute atomic E-state index is 13.2. The summed E-state index contributed by atoms with van der Waals surface area (Å²) in [4.78, 5) is 7.01. The van der Waals surface area contributed by atoms with Crippen LogP contribution in [0.25, 0.3) is 0 Å². The van der Waals surface area contributed by atoms with E-state index in [-0.39, 0.29) is 4.90 Å². The second kappa shape index (κ2) is 9.86. The molecule has 1 aromatic heterocycles. The van der Waals surface area contributed by atoms with Gasteiger partial charge in [0.05, 0.1) is 19.9 Å². The molecule has 0 atom stereocenters. The summed E-state index contributed by atoms with van der Waals surface area (Å²) in [5.41, 5.74) is 1.97. The Morgan fingerprint density at radius 2 is 1.78 bits per heavy atom. The molecule has 8 nitrogen and oxygen atoms in total. The van der Waals surface area contributed by atoms with Crippen molar-refractivity contribution in [3.05, 3.63) is 59.6 Å². The summed E-state index contributed by atoms with van der Waals surface area (Å²) in [7, 11) is -0.710. The number of nitrogens with one attached hydrogen (secondary N) is 1. The first kappa shape index (κ1) is 22.5. The van der Waals surface area contributed by atoms with E-state index in [1.807, 2.05) is 35.7 Å². The molecular formula is C22H26N4O4S2. The van der Waals surface area contributed by atoms with Crippen molar-refractivity contribution >= 4 is 32.2 Å². The molecule has 0 amide bonds. The van der Waals surface area contributed by atoms with Gasteiger partial charge in [0, 0.05) is 49.9 Å². The Morgan fingerprint density at radius 1 is 1.03 bits per heavy atom. The smallest absolute Gasteiger partial charge is 0.246 e. The highest BCUT2D eigenvalue weighted by molar-refractivity contribution is 7.89. The van der Waals surface area contributed by atoms with E-state index in [0.717, 1.165) is 16.5 Å². The number of benzene rings is 2. The van der Waals surface area contributed by atoms with Gasteiger partial charge in [-0.05, 0) is 24.3 Å². The molecule has 1 aliphatic heterocycles. The maximum Gasteiger partial charge on any atom is 0.246 e. The highest BCUT2D eigenvalue weighted by atomic mass is 32.2. The predicted octanol–water partition coefficient (Wildman–Crippen LogP) is 3.41. The molecule has 170 valence electrons. The van der Waals surface area contributed by atoms with Crippen LogP contribution in [-0.4, -0.2) is 63.0 Å². The summed E-state index contributed by atoms with van der Waals surface area (Å²) >= 11 is 1.56. The van der Waals surface area contributed by atoms with E-state index in [1.54, 1.807) is 23.5 Å². The molecule has 0 saturated carbocycles. The van der Waals surface area contributed by atoms with Crippen LogP contribution in [0.15, 0.2) is 58.8 Å². The molecule has 4 rings (SSSR count). The second-order valence-electron chi connectivity index (χ2n) is 7.33. The highest BCUT2D eigenvalue weighted by Gasteiger charge is 2.31. The minimum absolute atomic E-state index is 0.129. The van der Waals surface area contributed by atoms with Gasteiger partial charge in [-0.2, -0.15) is 4.31 Å². The van der Waals surface area contributed by atoms with Gasteiger partial charge in [-0.3, -0.25) is 4.90 Å². The molecule has 3 aromatic rings. The van der Waals surface area contributed by atoms with Crippen molar-refractivity contribution < 1.29 is 17.9 Å². The third-order valence-corrected chi connectivity index (χ3v) is 8.01. The van der Waals surface area contributed by atoms with Crippen LogP contribution < -0.4 is 14.8 Å². The molecule has 2 heterocycles. The van der Waals surface area contributed by atoms with Crippen LogP contribution in [0.4, 0.5) is 10.8 Å². The lowest BCUT2D eigenvalue weighted by Gasteiger charge is -2.33. The highest BCUT2D eigenvalue weighted by Crippen LogP contribution is 2.31. The number of methoxy groups -OCH3 is 2. The Kier molecular flexibility index (Phi) is 6.95. The number of para-hydroxylation sites is 1. The standard InChI is InChI=1S/C22H26N4O4S2/c1-29-19-8-9-20(30-2)21(14-19)32(27,28)26-12-10-25(11-13-26)15-18-16-31-22(24-18)23-17-6-4-3-5-7-17/h3-9,14,16H,10-13,15H2,1-2H3,(H,23,24). The third kappa shape index (κ3) is 5.04. The zero-order valence-corrected chi connectivity index (χ0v) is 19.7. The van der Waals surface area contributed by atoms with Gasteiger partial charge in [-0.25, -0.2) is 13.4 Å². The quantitative estimate of drug-likeness (QED) is 0.536. The van der Waals surface area contributed by atoms with Crippen LogP contribution in [0.2, 0.25) is 0 Å². The van der Waals surface area contributed by atoms with Gasteiger partial charge < -0.3 is 14.8 Å². The van der Waals surface area contributed by atoms with Gasteiger partial charge in [0.25, 0.3) is 0 Å². The third-order valence-electron chi connectivity index (χ3n) is 5.28. The average Bonchev–Trinajstić information content (AvgIpc) is 3.26. The minimum Gasteiger partial charge on any atom is -0.497 e. The van der Waals surface area contributed by atoms with E-state index in [4.69, 9.17) is 9.47 Å². The summed E-state index contributed by atoms with van der Waals surface area (Å²) in [6.07, 6.45) is 0. The van der Waals surface area contributed by atoms with E-state index in [0.29, 0.717) is 44.2 Å². The van der Waals surface area contributed by atoms with Gasteiger partial charge >= 0.3 is 0 Å². The average molecular weight is 475 g/mol. The normalized spacial score (nSPS) is 15.4. The Labute approximate surface area is 192 Å². The molecule has 1 aliphatic rings. The fourth-order valence-corrected chi connectivity index (χ4v) is 5.88. The molecule has 0 unspecified atom stereocenters. The minimum atomic E-state index is -3.69. The molecule has 1 fully saturated rings. The van der Waals surface area contributed by atoms with Crippen molar-refractivity contribution in [1.29, 1.82) is 0 Å². The summed E-state index contributed by atoms with van der Waals surface area (Å²) in [5, 5.41) is 6.19. The maximum atomic E-state index is 13.2. The Morgan fingerprint density at radius 3 is 2.47 bits per heavy atom. The number of hydrogen-bond acceptors (Lipinski definition) is 8. The lowest BCUT2D eigenvalue weighted by Crippen LogP contribution is -2.48. The van der Waals surface area contributed by atoms with E-state index in [2.05, 4.69) is 15.2 Å². The van der Waals surface area contributed by atoms with Crippen LogP contribution in [0, 0.1) is 0 Å².